The molecule has 0 aromatic carbocycles. The highest BCUT2D eigenvalue weighted by Gasteiger charge is 2.10. The number of nitrogens with one attached hydrogen (secondary N) is 1. The molecule has 84 valence electrons. The maximum atomic E-state index is 5.14. The maximum Gasteiger partial charge on any atom is 0.221 e. The van der Waals surface area contributed by atoms with Crippen molar-refractivity contribution in [2.24, 2.45) is 0 Å². The highest BCUT2D eigenvalue weighted by Crippen LogP contribution is 2.21. The van der Waals surface area contributed by atoms with Gasteiger partial charge in [-0.3, -0.25) is 0 Å². The monoisotopic (exact) mass is 209 g/mol. The zero-order chi connectivity index (χ0) is 11.3. The summed E-state index contributed by atoms with van der Waals surface area (Å²) in [6.45, 7) is 6.29. The van der Waals surface area contributed by atoms with E-state index in [1.54, 1.807) is 7.11 Å². The Hall–Kier alpha value is -1.32. The van der Waals surface area contributed by atoms with Crippen LogP contribution in [0.25, 0.3) is 0 Å². The van der Waals surface area contributed by atoms with E-state index in [0.717, 1.165) is 24.2 Å². The predicted molar refractivity (Wildman–Crippen MR) is 61.3 cm³/mol. The molecule has 1 N–H and O–H groups in total. The van der Waals surface area contributed by atoms with Crippen LogP contribution in [0.15, 0.2) is 6.33 Å². The number of methoxy groups -OCH3 is 1. The van der Waals surface area contributed by atoms with Crippen molar-refractivity contribution in [3.8, 4) is 5.88 Å². The van der Waals surface area contributed by atoms with E-state index in [0.29, 0.717) is 11.9 Å². The Morgan fingerprint density at radius 2 is 2.00 bits per heavy atom. The number of hydrogen-bond donors (Lipinski definition) is 1. The Morgan fingerprint density at radius 3 is 2.53 bits per heavy atom. The Kier molecular flexibility index (Phi) is 4.34. The maximum absolute atomic E-state index is 5.14. The Balaban J connectivity index is 2.85. The minimum absolute atomic E-state index is 0.461. The van der Waals surface area contributed by atoms with E-state index in [1.165, 1.54) is 6.33 Å². The van der Waals surface area contributed by atoms with Gasteiger partial charge >= 0.3 is 0 Å². The first-order chi connectivity index (χ1) is 7.22. The van der Waals surface area contributed by atoms with Crippen LogP contribution in [0.3, 0.4) is 0 Å². The van der Waals surface area contributed by atoms with Crippen molar-refractivity contribution in [2.45, 2.75) is 39.7 Å². The smallest absolute Gasteiger partial charge is 0.221 e. The van der Waals surface area contributed by atoms with Crippen LogP contribution < -0.4 is 10.1 Å². The molecule has 0 radical (unpaired) electrons. The normalized spacial score (nSPS) is 10.5. The van der Waals surface area contributed by atoms with E-state index in [9.17, 15) is 0 Å². The van der Waals surface area contributed by atoms with Gasteiger partial charge in [0.25, 0.3) is 0 Å². The average Bonchev–Trinajstić information content (AvgIpc) is 2.28. The summed E-state index contributed by atoms with van der Waals surface area (Å²) in [5.41, 5.74) is 0.965. The van der Waals surface area contributed by atoms with Gasteiger partial charge in [0.1, 0.15) is 12.1 Å². The van der Waals surface area contributed by atoms with Crippen LogP contribution in [0, 0.1) is 6.92 Å². The van der Waals surface area contributed by atoms with Crippen LogP contribution in [0.1, 0.15) is 32.3 Å². The van der Waals surface area contributed by atoms with Crippen LogP contribution in [-0.4, -0.2) is 23.1 Å². The van der Waals surface area contributed by atoms with Crippen LogP contribution in [0.4, 0.5) is 5.82 Å². The van der Waals surface area contributed by atoms with Gasteiger partial charge in [-0.25, -0.2) is 9.97 Å². The van der Waals surface area contributed by atoms with Gasteiger partial charge in [-0.15, -0.1) is 0 Å². The van der Waals surface area contributed by atoms with Crippen molar-refractivity contribution >= 4 is 5.82 Å². The van der Waals surface area contributed by atoms with Gasteiger partial charge in [0, 0.05) is 6.04 Å². The first kappa shape index (κ1) is 11.8. The lowest BCUT2D eigenvalue weighted by molar-refractivity contribution is 0.393. The van der Waals surface area contributed by atoms with E-state index in [4.69, 9.17) is 4.74 Å². The third kappa shape index (κ3) is 2.81. The zero-order valence-corrected chi connectivity index (χ0v) is 9.87. The fourth-order valence-corrected chi connectivity index (χ4v) is 1.47. The van der Waals surface area contributed by atoms with Crippen molar-refractivity contribution in [2.75, 3.05) is 12.4 Å². The van der Waals surface area contributed by atoms with Gasteiger partial charge < -0.3 is 10.1 Å². The largest absolute Gasteiger partial charge is 0.481 e. The number of aromatic nitrogens is 2. The van der Waals surface area contributed by atoms with E-state index in [1.807, 2.05) is 6.92 Å². The highest BCUT2D eigenvalue weighted by atomic mass is 16.5. The molecule has 0 saturated heterocycles. The van der Waals surface area contributed by atoms with Crippen LogP contribution in [-0.2, 0) is 0 Å². The summed E-state index contributed by atoms with van der Waals surface area (Å²) in [5.74, 6) is 1.51. The molecule has 1 aromatic heterocycles. The first-order valence-corrected chi connectivity index (χ1v) is 5.35. The van der Waals surface area contributed by atoms with Gasteiger partial charge in [-0.2, -0.15) is 0 Å². The SMILES string of the molecule is CCC(CC)Nc1ncnc(OC)c1C. The first-order valence-electron chi connectivity index (χ1n) is 5.35. The summed E-state index contributed by atoms with van der Waals surface area (Å²) in [5, 5.41) is 3.39. The van der Waals surface area contributed by atoms with Crippen molar-refractivity contribution in [1.29, 1.82) is 0 Å². The average molecular weight is 209 g/mol. The van der Waals surface area contributed by atoms with Crippen molar-refractivity contribution < 1.29 is 4.74 Å². The number of hydrogen-bond acceptors (Lipinski definition) is 4. The quantitative estimate of drug-likeness (QED) is 0.809. The standard InChI is InChI=1S/C11H19N3O/c1-5-9(6-2)14-10-8(3)11(15-4)13-7-12-10/h7,9H,5-6H2,1-4H3,(H,12,13,14). The lowest BCUT2D eigenvalue weighted by atomic mass is 10.1. The molecule has 1 rings (SSSR count). The number of rotatable bonds is 5. The molecule has 0 unspecified atom stereocenters. The van der Waals surface area contributed by atoms with Crippen molar-refractivity contribution in [3.63, 3.8) is 0 Å². The van der Waals surface area contributed by atoms with Crippen LogP contribution >= 0.6 is 0 Å². The molecule has 15 heavy (non-hydrogen) atoms. The summed E-state index contributed by atoms with van der Waals surface area (Å²) in [6.07, 6.45) is 3.70. The molecule has 4 heteroatoms. The van der Waals surface area contributed by atoms with Gasteiger partial charge in [-0.05, 0) is 19.8 Å². The molecule has 0 aliphatic carbocycles. The second kappa shape index (κ2) is 5.53. The molecule has 0 spiro atoms. The zero-order valence-electron chi connectivity index (χ0n) is 9.87. The Morgan fingerprint density at radius 1 is 1.33 bits per heavy atom. The third-order valence-electron chi connectivity index (χ3n) is 2.56. The molecule has 0 aliphatic rings. The Bertz CT molecular complexity index is 311. The van der Waals surface area contributed by atoms with Gasteiger partial charge in [0.2, 0.25) is 5.88 Å². The molecular formula is C11H19N3O. The summed E-state index contributed by atoms with van der Waals surface area (Å²) < 4.78 is 5.14. The molecule has 0 amide bonds. The fraction of sp³-hybridized carbons (Fsp3) is 0.636. The second-order valence-corrected chi connectivity index (χ2v) is 3.51. The molecule has 0 fully saturated rings. The van der Waals surface area contributed by atoms with Gasteiger partial charge in [0.15, 0.2) is 0 Å². The summed E-state index contributed by atoms with van der Waals surface area (Å²) in [6, 6.07) is 0.461. The van der Waals surface area contributed by atoms with Crippen LogP contribution in [0.5, 0.6) is 5.88 Å². The molecule has 0 atom stereocenters. The number of ether oxygens (including phenoxy) is 1. The van der Waals surface area contributed by atoms with Crippen molar-refractivity contribution in [3.05, 3.63) is 11.9 Å². The topological polar surface area (TPSA) is 47.0 Å². The van der Waals surface area contributed by atoms with E-state index in [2.05, 4.69) is 29.1 Å². The molecule has 0 aliphatic heterocycles. The molecule has 1 heterocycles. The molecule has 0 bridgehead atoms. The lowest BCUT2D eigenvalue weighted by Gasteiger charge is -2.17. The minimum atomic E-state index is 0.461. The van der Waals surface area contributed by atoms with Gasteiger partial charge in [-0.1, -0.05) is 13.8 Å². The molecule has 1 aromatic rings. The molecule has 0 saturated carbocycles. The fourth-order valence-electron chi connectivity index (χ4n) is 1.47. The highest BCUT2D eigenvalue weighted by molar-refractivity contribution is 5.48. The summed E-state index contributed by atoms with van der Waals surface area (Å²) in [7, 11) is 1.62. The van der Waals surface area contributed by atoms with E-state index in [-0.39, 0.29) is 0 Å². The summed E-state index contributed by atoms with van der Waals surface area (Å²) >= 11 is 0. The lowest BCUT2D eigenvalue weighted by Crippen LogP contribution is -2.18. The third-order valence-corrected chi connectivity index (χ3v) is 2.56. The second-order valence-electron chi connectivity index (χ2n) is 3.51. The van der Waals surface area contributed by atoms with Crippen LogP contribution in [0.2, 0.25) is 0 Å². The van der Waals surface area contributed by atoms with Gasteiger partial charge in [0.05, 0.1) is 12.7 Å². The predicted octanol–water partition coefficient (Wildman–Crippen LogP) is 2.39. The van der Waals surface area contributed by atoms with E-state index >= 15 is 0 Å². The Labute approximate surface area is 91.1 Å². The number of nitrogens with zero attached hydrogens (tertiary/aromatic N) is 2. The number of anilines is 1. The minimum Gasteiger partial charge on any atom is -0.481 e. The van der Waals surface area contributed by atoms with Crippen molar-refractivity contribution in [1.82, 2.24) is 9.97 Å². The molecule has 4 nitrogen and oxygen atoms in total. The molecular weight excluding hydrogens is 190 g/mol. The summed E-state index contributed by atoms with van der Waals surface area (Å²) in [4.78, 5) is 8.26. The van der Waals surface area contributed by atoms with E-state index < -0.39 is 0 Å².